The number of nitrogens with zero attached hydrogens (tertiary/aromatic N) is 3. The fraction of sp³-hybridized carbons (Fsp3) is 0.364. The number of aromatic nitrogens is 2. The van der Waals surface area contributed by atoms with Crippen molar-refractivity contribution in [2.24, 2.45) is 0 Å². The van der Waals surface area contributed by atoms with Gasteiger partial charge in [-0.3, -0.25) is 0 Å². The number of rotatable bonds is 2. The third-order valence-corrected chi connectivity index (χ3v) is 2.64. The highest BCUT2D eigenvalue weighted by Crippen LogP contribution is 2.19. The zero-order valence-electron chi connectivity index (χ0n) is 8.78. The predicted octanol–water partition coefficient (Wildman–Crippen LogP) is 1.63. The summed E-state index contributed by atoms with van der Waals surface area (Å²) in [6, 6.07) is -0.0160. The Morgan fingerprint density at radius 2 is 2.25 bits per heavy atom. The van der Waals surface area contributed by atoms with Crippen molar-refractivity contribution >= 4 is 12.2 Å². The summed E-state index contributed by atoms with van der Waals surface area (Å²) >= 11 is 0. The molecule has 1 atom stereocenters. The van der Waals surface area contributed by atoms with Crippen LogP contribution in [0.15, 0.2) is 24.8 Å². The van der Waals surface area contributed by atoms with Crippen molar-refractivity contribution in [3.05, 3.63) is 30.4 Å². The number of hydrogen-bond acceptors (Lipinski definition) is 3. The van der Waals surface area contributed by atoms with E-state index in [2.05, 4.69) is 9.97 Å². The Morgan fingerprint density at radius 1 is 1.50 bits per heavy atom. The summed E-state index contributed by atoms with van der Waals surface area (Å²) in [5.74, 6) is 0. The van der Waals surface area contributed by atoms with Crippen LogP contribution in [-0.4, -0.2) is 38.7 Å². The van der Waals surface area contributed by atoms with Gasteiger partial charge in [-0.1, -0.05) is 12.2 Å². The van der Waals surface area contributed by atoms with Gasteiger partial charge in [0.2, 0.25) is 0 Å². The molecule has 2 rings (SSSR count). The van der Waals surface area contributed by atoms with E-state index in [1.807, 2.05) is 12.2 Å². The molecule has 1 fully saturated rings. The van der Waals surface area contributed by atoms with Crippen LogP contribution >= 0.6 is 0 Å². The van der Waals surface area contributed by atoms with Gasteiger partial charge in [0.1, 0.15) is 6.33 Å². The lowest BCUT2D eigenvalue weighted by Crippen LogP contribution is -2.32. The first-order valence-corrected chi connectivity index (χ1v) is 5.20. The predicted molar refractivity (Wildman–Crippen MR) is 58.8 cm³/mol. The van der Waals surface area contributed by atoms with E-state index in [0.29, 0.717) is 6.54 Å². The van der Waals surface area contributed by atoms with Crippen molar-refractivity contribution in [3.8, 4) is 0 Å². The number of amides is 1. The average molecular weight is 219 g/mol. The SMILES string of the molecule is O=C(O)N1CCCC1/C=C/c1cncnc1. The first kappa shape index (κ1) is 10.6. The van der Waals surface area contributed by atoms with Crippen LogP contribution in [0.3, 0.4) is 0 Å². The molecule has 1 aliphatic rings. The average Bonchev–Trinajstić information content (AvgIpc) is 2.76. The second kappa shape index (κ2) is 4.74. The highest BCUT2D eigenvalue weighted by Gasteiger charge is 2.25. The van der Waals surface area contributed by atoms with Crippen molar-refractivity contribution in [1.82, 2.24) is 14.9 Å². The maximum Gasteiger partial charge on any atom is 0.407 e. The lowest BCUT2D eigenvalue weighted by Gasteiger charge is -2.17. The molecular weight excluding hydrogens is 206 g/mol. The minimum absolute atomic E-state index is 0.0160. The third-order valence-electron chi connectivity index (χ3n) is 2.64. The molecule has 1 amide bonds. The smallest absolute Gasteiger partial charge is 0.407 e. The zero-order chi connectivity index (χ0) is 11.4. The summed E-state index contributed by atoms with van der Waals surface area (Å²) in [5.41, 5.74) is 0.889. The van der Waals surface area contributed by atoms with Crippen LogP contribution in [0.4, 0.5) is 4.79 Å². The van der Waals surface area contributed by atoms with Gasteiger partial charge in [0.15, 0.2) is 0 Å². The molecular formula is C11H13N3O2. The Morgan fingerprint density at radius 3 is 2.94 bits per heavy atom. The van der Waals surface area contributed by atoms with E-state index in [9.17, 15) is 4.79 Å². The molecule has 0 saturated carbocycles. The van der Waals surface area contributed by atoms with E-state index in [1.165, 1.54) is 11.2 Å². The number of hydrogen-bond donors (Lipinski definition) is 1. The number of carbonyl (C=O) groups is 1. The van der Waals surface area contributed by atoms with Crippen molar-refractivity contribution in [2.45, 2.75) is 18.9 Å². The molecule has 2 heterocycles. The largest absolute Gasteiger partial charge is 0.465 e. The molecule has 0 aromatic carbocycles. The van der Waals surface area contributed by atoms with Crippen molar-refractivity contribution in [2.75, 3.05) is 6.54 Å². The molecule has 1 unspecified atom stereocenters. The van der Waals surface area contributed by atoms with Gasteiger partial charge in [-0.2, -0.15) is 0 Å². The molecule has 1 aromatic rings. The Hall–Kier alpha value is -1.91. The van der Waals surface area contributed by atoms with Gasteiger partial charge in [-0.15, -0.1) is 0 Å². The number of likely N-dealkylation sites (tertiary alicyclic amines) is 1. The molecule has 84 valence electrons. The summed E-state index contributed by atoms with van der Waals surface area (Å²) in [6.07, 6.45) is 9.59. The summed E-state index contributed by atoms with van der Waals surface area (Å²) < 4.78 is 0. The first-order chi connectivity index (χ1) is 7.77. The van der Waals surface area contributed by atoms with Crippen LogP contribution < -0.4 is 0 Å². The van der Waals surface area contributed by atoms with Crippen molar-refractivity contribution < 1.29 is 9.90 Å². The van der Waals surface area contributed by atoms with Gasteiger partial charge >= 0.3 is 6.09 Å². The summed E-state index contributed by atoms with van der Waals surface area (Å²) in [6.45, 7) is 0.621. The van der Waals surface area contributed by atoms with Crippen LogP contribution in [0.25, 0.3) is 6.08 Å². The van der Waals surface area contributed by atoms with Crippen molar-refractivity contribution in [1.29, 1.82) is 0 Å². The molecule has 1 N–H and O–H groups in total. The molecule has 5 nitrogen and oxygen atoms in total. The standard InChI is InChI=1S/C11H13N3O2/c15-11(16)14-5-1-2-10(14)4-3-9-6-12-8-13-7-9/h3-4,6-8,10H,1-2,5H2,(H,15,16)/b4-3+. The lowest BCUT2D eigenvalue weighted by atomic mass is 10.2. The van der Waals surface area contributed by atoms with E-state index in [4.69, 9.17) is 5.11 Å². The van der Waals surface area contributed by atoms with Gasteiger partial charge < -0.3 is 10.0 Å². The normalized spacial score (nSPS) is 20.5. The number of carboxylic acid groups (broad SMARTS) is 1. The minimum atomic E-state index is -0.850. The molecule has 0 radical (unpaired) electrons. The quantitative estimate of drug-likeness (QED) is 0.821. The van der Waals surface area contributed by atoms with E-state index in [0.717, 1.165) is 18.4 Å². The topological polar surface area (TPSA) is 66.3 Å². The highest BCUT2D eigenvalue weighted by molar-refractivity contribution is 5.66. The molecule has 1 aliphatic heterocycles. The van der Waals surface area contributed by atoms with E-state index >= 15 is 0 Å². The Bertz CT molecular complexity index is 391. The Kier molecular flexibility index (Phi) is 3.14. The molecule has 0 aliphatic carbocycles. The van der Waals surface area contributed by atoms with Gasteiger partial charge in [-0.05, 0) is 12.8 Å². The summed E-state index contributed by atoms with van der Waals surface area (Å²) in [4.78, 5) is 20.1. The highest BCUT2D eigenvalue weighted by atomic mass is 16.4. The Balaban J connectivity index is 2.04. The second-order valence-electron chi connectivity index (χ2n) is 3.72. The molecule has 5 heteroatoms. The summed E-state index contributed by atoms with van der Waals surface area (Å²) in [7, 11) is 0. The van der Waals surface area contributed by atoms with E-state index in [-0.39, 0.29) is 6.04 Å². The van der Waals surface area contributed by atoms with Gasteiger partial charge in [0.25, 0.3) is 0 Å². The van der Waals surface area contributed by atoms with Gasteiger partial charge in [-0.25, -0.2) is 14.8 Å². The first-order valence-electron chi connectivity index (χ1n) is 5.20. The second-order valence-corrected chi connectivity index (χ2v) is 3.72. The van der Waals surface area contributed by atoms with E-state index in [1.54, 1.807) is 12.4 Å². The van der Waals surface area contributed by atoms with Gasteiger partial charge in [0.05, 0.1) is 6.04 Å². The fourth-order valence-corrected chi connectivity index (χ4v) is 1.85. The fourth-order valence-electron chi connectivity index (χ4n) is 1.85. The van der Waals surface area contributed by atoms with Crippen LogP contribution in [0.1, 0.15) is 18.4 Å². The molecule has 1 saturated heterocycles. The van der Waals surface area contributed by atoms with Crippen LogP contribution in [0, 0.1) is 0 Å². The maximum atomic E-state index is 10.9. The minimum Gasteiger partial charge on any atom is -0.465 e. The third kappa shape index (κ3) is 2.36. The lowest BCUT2D eigenvalue weighted by molar-refractivity contribution is 0.147. The van der Waals surface area contributed by atoms with Crippen LogP contribution in [-0.2, 0) is 0 Å². The maximum absolute atomic E-state index is 10.9. The monoisotopic (exact) mass is 219 g/mol. The van der Waals surface area contributed by atoms with Crippen molar-refractivity contribution in [3.63, 3.8) is 0 Å². The van der Waals surface area contributed by atoms with Crippen LogP contribution in [0.2, 0.25) is 0 Å². The van der Waals surface area contributed by atoms with Crippen LogP contribution in [0.5, 0.6) is 0 Å². The van der Waals surface area contributed by atoms with Gasteiger partial charge in [0, 0.05) is 24.5 Å². The molecule has 1 aromatic heterocycles. The van der Waals surface area contributed by atoms with E-state index < -0.39 is 6.09 Å². The molecule has 0 bridgehead atoms. The zero-order valence-corrected chi connectivity index (χ0v) is 8.78. The Labute approximate surface area is 93.4 Å². The molecule has 0 spiro atoms. The molecule has 16 heavy (non-hydrogen) atoms. The summed E-state index contributed by atoms with van der Waals surface area (Å²) in [5, 5.41) is 8.95.